The molecule has 0 unspecified atom stereocenters. The van der Waals surface area contributed by atoms with Gasteiger partial charge in [-0.2, -0.15) is 0 Å². The van der Waals surface area contributed by atoms with Gasteiger partial charge in [0.05, 0.1) is 10.6 Å². The fourth-order valence-corrected chi connectivity index (χ4v) is 5.86. The summed E-state index contributed by atoms with van der Waals surface area (Å²) in [5.74, 6) is 1.31. The number of fused-ring (bicyclic) bond motifs is 1. The number of carbonyl (C=O) groups is 1. The van der Waals surface area contributed by atoms with Crippen LogP contribution in [-0.2, 0) is 21.4 Å². The molecule has 0 spiro atoms. The van der Waals surface area contributed by atoms with E-state index >= 15 is 0 Å². The van der Waals surface area contributed by atoms with Crippen molar-refractivity contribution in [3.63, 3.8) is 0 Å². The van der Waals surface area contributed by atoms with Crippen LogP contribution in [0.3, 0.4) is 0 Å². The van der Waals surface area contributed by atoms with Crippen LogP contribution in [0.25, 0.3) is 0 Å². The van der Waals surface area contributed by atoms with Crippen LogP contribution >= 0.6 is 0 Å². The molecule has 9 heteroatoms. The third-order valence-corrected chi connectivity index (χ3v) is 8.29. The van der Waals surface area contributed by atoms with E-state index in [1.165, 1.54) is 4.31 Å². The van der Waals surface area contributed by atoms with Crippen molar-refractivity contribution in [2.75, 3.05) is 43.8 Å². The van der Waals surface area contributed by atoms with E-state index in [2.05, 4.69) is 4.90 Å². The van der Waals surface area contributed by atoms with Gasteiger partial charge in [0, 0.05) is 32.7 Å². The Balaban J connectivity index is 1.26. The maximum atomic E-state index is 13.5. The average molecular weight is 508 g/mol. The minimum absolute atomic E-state index is 0.159. The van der Waals surface area contributed by atoms with Crippen molar-refractivity contribution in [2.45, 2.75) is 18.4 Å². The molecule has 2 aliphatic heterocycles. The number of hydrogen-bond donors (Lipinski definition) is 0. The lowest BCUT2D eigenvalue weighted by molar-refractivity contribution is -0.131. The van der Waals surface area contributed by atoms with E-state index in [1.54, 1.807) is 47.4 Å². The van der Waals surface area contributed by atoms with E-state index < -0.39 is 10.0 Å². The number of rotatable bonds is 7. The minimum Gasteiger partial charge on any atom is -0.454 e. The van der Waals surface area contributed by atoms with Gasteiger partial charge in [-0.05, 0) is 48.9 Å². The van der Waals surface area contributed by atoms with Crippen LogP contribution in [0, 0.1) is 6.92 Å². The Kier molecular flexibility index (Phi) is 6.84. The van der Waals surface area contributed by atoms with E-state index in [9.17, 15) is 13.2 Å². The normalized spacial score (nSPS) is 15.6. The molecule has 5 rings (SSSR count). The van der Waals surface area contributed by atoms with Gasteiger partial charge in [0.15, 0.2) is 11.5 Å². The number of anilines is 1. The summed E-state index contributed by atoms with van der Waals surface area (Å²) >= 11 is 0. The molecule has 0 N–H and O–H groups in total. The van der Waals surface area contributed by atoms with Crippen LogP contribution in [-0.4, -0.2) is 63.6 Å². The maximum Gasteiger partial charge on any atom is 0.264 e. The number of benzene rings is 3. The van der Waals surface area contributed by atoms with Gasteiger partial charge in [-0.3, -0.25) is 14.0 Å². The maximum absolute atomic E-state index is 13.5. The van der Waals surface area contributed by atoms with Gasteiger partial charge >= 0.3 is 0 Å². The number of piperazine rings is 1. The largest absolute Gasteiger partial charge is 0.454 e. The SMILES string of the molecule is Cc1ccc(N(CC(=O)N2CCN(Cc3ccc4c(c3)OCO4)CC2)S(=O)(=O)c2ccccc2)cc1. The Morgan fingerprint density at radius 1 is 0.889 bits per heavy atom. The van der Waals surface area contributed by atoms with Gasteiger partial charge in [-0.15, -0.1) is 0 Å². The highest BCUT2D eigenvalue weighted by Crippen LogP contribution is 2.33. The summed E-state index contributed by atoms with van der Waals surface area (Å²) in [6, 6.07) is 21.4. The molecule has 1 amide bonds. The summed E-state index contributed by atoms with van der Waals surface area (Å²) in [4.78, 5) is 17.5. The summed E-state index contributed by atoms with van der Waals surface area (Å²) in [6.07, 6.45) is 0. The van der Waals surface area contributed by atoms with E-state index in [0.29, 0.717) is 31.9 Å². The predicted molar refractivity (Wildman–Crippen MR) is 137 cm³/mol. The Bertz CT molecular complexity index is 1320. The molecule has 2 aliphatic rings. The monoisotopic (exact) mass is 507 g/mol. The molecule has 0 aromatic heterocycles. The molecule has 3 aromatic carbocycles. The van der Waals surface area contributed by atoms with Crippen LogP contribution in [0.4, 0.5) is 5.69 Å². The van der Waals surface area contributed by atoms with Crippen molar-refractivity contribution < 1.29 is 22.7 Å². The second-order valence-electron chi connectivity index (χ2n) is 9.00. The van der Waals surface area contributed by atoms with Crippen molar-refractivity contribution in [3.8, 4) is 11.5 Å². The number of carbonyl (C=O) groups excluding carboxylic acids is 1. The molecule has 1 fully saturated rings. The smallest absolute Gasteiger partial charge is 0.264 e. The molecule has 8 nitrogen and oxygen atoms in total. The molecule has 0 saturated carbocycles. The topological polar surface area (TPSA) is 79.4 Å². The van der Waals surface area contributed by atoms with Crippen LogP contribution in [0.1, 0.15) is 11.1 Å². The second kappa shape index (κ2) is 10.2. The molecular formula is C27H29N3O5S. The lowest BCUT2D eigenvalue weighted by atomic mass is 10.1. The quantitative estimate of drug-likeness (QED) is 0.489. The van der Waals surface area contributed by atoms with Crippen molar-refractivity contribution in [1.29, 1.82) is 0 Å². The Hall–Kier alpha value is -3.56. The Morgan fingerprint density at radius 2 is 1.58 bits per heavy atom. The van der Waals surface area contributed by atoms with Crippen LogP contribution < -0.4 is 13.8 Å². The van der Waals surface area contributed by atoms with E-state index in [0.717, 1.165) is 29.2 Å². The van der Waals surface area contributed by atoms with E-state index in [1.807, 2.05) is 37.3 Å². The Labute approximate surface area is 211 Å². The van der Waals surface area contributed by atoms with Crippen molar-refractivity contribution in [2.24, 2.45) is 0 Å². The third kappa shape index (κ3) is 5.17. The van der Waals surface area contributed by atoms with E-state index in [4.69, 9.17) is 9.47 Å². The molecule has 0 atom stereocenters. The van der Waals surface area contributed by atoms with E-state index in [-0.39, 0.29) is 24.1 Å². The molecule has 0 radical (unpaired) electrons. The highest BCUT2D eigenvalue weighted by Gasteiger charge is 2.30. The van der Waals surface area contributed by atoms with Gasteiger partial charge in [-0.25, -0.2) is 8.42 Å². The molecule has 0 aliphatic carbocycles. The summed E-state index contributed by atoms with van der Waals surface area (Å²) in [6.45, 7) is 5.17. The molecule has 1 saturated heterocycles. The highest BCUT2D eigenvalue weighted by molar-refractivity contribution is 7.92. The first-order valence-electron chi connectivity index (χ1n) is 11.9. The number of nitrogens with zero attached hydrogens (tertiary/aromatic N) is 3. The van der Waals surface area contributed by atoms with Gasteiger partial charge < -0.3 is 14.4 Å². The summed E-state index contributed by atoms with van der Waals surface area (Å²) in [5.41, 5.74) is 2.61. The lowest BCUT2D eigenvalue weighted by Crippen LogP contribution is -2.51. The third-order valence-electron chi connectivity index (χ3n) is 6.50. The molecule has 3 aromatic rings. The Morgan fingerprint density at radius 3 is 2.31 bits per heavy atom. The summed E-state index contributed by atoms with van der Waals surface area (Å²) in [5, 5.41) is 0. The zero-order valence-electron chi connectivity index (χ0n) is 20.2. The van der Waals surface area contributed by atoms with Gasteiger partial charge in [0.1, 0.15) is 6.54 Å². The number of aryl methyl sites for hydroxylation is 1. The predicted octanol–water partition coefficient (Wildman–Crippen LogP) is 3.26. The van der Waals surface area contributed by atoms with Gasteiger partial charge in [0.2, 0.25) is 12.7 Å². The molecule has 36 heavy (non-hydrogen) atoms. The second-order valence-corrected chi connectivity index (χ2v) is 10.9. The zero-order valence-corrected chi connectivity index (χ0v) is 21.0. The van der Waals surface area contributed by atoms with Crippen molar-refractivity contribution in [1.82, 2.24) is 9.80 Å². The highest BCUT2D eigenvalue weighted by atomic mass is 32.2. The summed E-state index contributed by atoms with van der Waals surface area (Å²) in [7, 11) is -3.90. The number of amides is 1. The first kappa shape index (κ1) is 24.1. The van der Waals surface area contributed by atoms with Crippen molar-refractivity contribution >= 4 is 21.6 Å². The standard InChI is InChI=1S/C27H29N3O5S/c1-21-7-10-23(11-8-21)30(36(32,33)24-5-3-2-4-6-24)19-27(31)29-15-13-28(14-16-29)18-22-9-12-25-26(17-22)35-20-34-25/h2-12,17H,13-16,18-20H2,1H3. The molecule has 188 valence electrons. The fourth-order valence-electron chi connectivity index (χ4n) is 4.42. The van der Waals surface area contributed by atoms with Gasteiger partial charge in [-0.1, -0.05) is 42.0 Å². The first-order chi connectivity index (χ1) is 17.4. The van der Waals surface area contributed by atoms with Crippen LogP contribution in [0.2, 0.25) is 0 Å². The fraction of sp³-hybridized carbons (Fsp3) is 0.296. The zero-order chi connectivity index (χ0) is 25.1. The minimum atomic E-state index is -3.90. The molecule has 0 bridgehead atoms. The first-order valence-corrected chi connectivity index (χ1v) is 13.4. The van der Waals surface area contributed by atoms with Gasteiger partial charge in [0.25, 0.3) is 10.0 Å². The van der Waals surface area contributed by atoms with Crippen LogP contribution in [0.5, 0.6) is 11.5 Å². The number of sulfonamides is 1. The summed E-state index contributed by atoms with van der Waals surface area (Å²) < 4.78 is 39.1. The number of ether oxygens (including phenoxy) is 2. The molecule has 2 heterocycles. The lowest BCUT2D eigenvalue weighted by Gasteiger charge is -2.36. The van der Waals surface area contributed by atoms with Crippen LogP contribution in [0.15, 0.2) is 77.7 Å². The average Bonchev–Trinajstić information content (AvgIpc) is 3.37. The molecular weight excluding hydrogens is 478 g/mol. The number of hydrogen-bond acceptors (Lipinski definition) is 6. The van der Waals surface area contributed by atoms with Crippen molar-refractivity contribution in [3.05, 3.63) is 83.9 Å².